The highest BCUT2D eigenvalue weighted by atomic mass is 19.1. The van der Waals surface area contributed by atoms with Crippen molar-refractivity contribution < 1.29 is 9.18 Å². The lowest BCUT2D eigenvalue weighted by Crippen LogP contribution is -2.41. The molecule has 4 rings (SSSR count). The molecule has 0 bridgehead atoms. The van der Waals surface area contributed by atoms with Crippen LogP contribution in [0, 0.1) is 5.82 Å². The molecule has 7 heteroatoms. The number of benzene rings is 1. The van der Waals surface area contributed by atoms with Gasteiger partial charge >= 0.3 is 0 Å². The number of carbonyl (C=O) groups is 1. The third-order valence-corrected chi connectivity index (χ3v) is 4.95. The number of hydrogen-bond acceptors (Lipinski definition) is 4. The molecule has 144 valence electrons. The highest BCUT2D eigenvalue weighted by Crippen LogP contribution is 2.28. The van der Waals surface area contributed by atoms with Crippen LogP contribution >= 0.6 is 0 Å². The van der Waals surface area contributed by atoms with E-state index in [9.17, 15) is 9.18 Å². The summed E-state index contributed by atoms with van der Waals surface area (Å²) in [4.78, 5) is 20.9. The summed E-state index contributed by atoms with van der Waals surface area (Å²) in [6, 6.07) is 12.2. The van der Waals surface area contributed by atoms with Crippen molar-refractivity contribution in [3.8, 4) is 11.3 Å². The van der Waals surface area contributed by atoms with E-state index in [1.807, 2.05) is 41.1 Å². The van der Waals surface area contributed by atoms with E-state index in [0.717, 1.165) is 22.5 Å². The molecule has 0 aliphatic carbocycles. The predicted octanol–water partition coefficient (Wildman–Crippen LogP) is 2.63. The molecule has 0 saturated heterocycles. The molecule has 0 radical (unpaired) electrons. The molecule has 2 aromatic heterocycles. The summed E-state index contributed by atoms with van der Waals surface area (Å²) in [6.07, 6.45) is 2.47. The van der Waals surface area contributed by atoms with E-state index in [2.05, 4.69) is 15.2 Å². The molecule has 0 saturated carbocycles. The van der Waals surface area contributed by atoms with Crippen LogP contribution in [0.25, 0.3) is 11.3 Å². The van der Waals surface area contributed by atoms with E-state index in [-0.39, 0.29) is 11.7 Å². The number of rotatable bonds is 5. The summed E-state index contributed by atoms with van der Waals surface area (Å²) in [5.74, 6) is -0.232. The topological polar surface area (TPSA) is 65.1 Å². The van der Waals surface area contributed by atoms with Gasteiger partial charge in [-0.15, -0.1) is 0 Å². The standard InChI is InChI=1S/C21H22FN5O/c1-26(12-17-7-2-3-9-23-17)14-20(28)27-10-8-19-18(13-27)21(25-24-19)15-5-4-6-16(22)11-15/h2-7,9,11H,8,10,12-14H2,1H3,(H,24,25). The van der Waals surface area contributed by atoms with E-state index in [1.54, 1.807) is 12.3 Å². The van der Waals surface area contributed by atoms with E-state index in [4.69, 9.17) is 0 Å². The van der Waals surface area contributed by atoms with Gasteiger partial charge in [-0.2, -0.15) is 5.10 Å². The minimum absolute atomic E-state index is 0.0653. The number of aromatic amines is 1. The molecular formula is C21H22FN5O. The minimum Gasteiger partial charge on any atom is -0.337 e. The zero-order chi connectivity index (χ0) is 19.5. The minimum atomic E-state index is -0.297. The largest absolute Gasteiger partial charge is 0.337 e. The van der Waals surface area contributed by atoms with Crippen LogP contribution < -0.4 is 0 Å². The Morgan fingerprint density at radius 2 is 2.18 bits per heavy atom. The maximum atomic E-state index is 13.6. The number of H-pyrrole nitrogens is 1. The normalized spacial score (nSPS) is 13.6. The van der Waals surface area contributed by atoms with Crippen LogP contribution in [-0.4, -0.2) is 51.0 Å². The van der Waals surface area contributed by atoms with Crippen LogP contribution in [-0.2, 0) is 24.3 Å². The van der Waals surface area contributed by atoms with Crippen molar-refractivity contribution in [1.29, 1.82) is 0 Å². The maximum Gasteiger partial charge on any atom is 0.237 e. The first-order valence-electron chi connectivity index (χ1n) is 9.28. The number of fused-ring (bicyclic) bond motifs is 1. The fourth-order valence-corrected chi connectivity index (χ4v) is 3.54. The number of nitrogens with one attached hydrogen (secondary N) is 1. The average Bonchev–Trinajstić information content (AvgIpc) is 3.12. The second-order valence-electron chi connectivity index (χ2n) is 7.10. The number of nitrogens with zero attached hydrogens (tertiary/aromatic N) is 4. The van der Waals surface area contributed by atoms with Gasteiger partial charge in [-0.25, -0.2) is 4.39 Å². The summed E-state index contributed by atoms with van der Waals surface area (Å²) < 4.78 is 13.6. The molecule has 6 nitrogen and oxygen atoms in total. The van der Waals surface area contributed by atoms with Crippen molar-refractivity contribution in [2.75, 3.05) is 20.1 Å². The first-order chi connectivity index (χ1) is 13.6. The molecule has 1 N–H and O–H groups in total. The van der Waals surface area contributed by atoms with Gasteiger partial charge in [0.1, 0.15) is 5.82 Å². The Labute approximate surface area is 163 Å². The maximum absolute atomic E-state index is 13.6. The summed E-state index contributed by atoms with van der Waals surface area (Å²) in [5, 5.41) is 7.42. The molecule has 0 fully saturated rings. The molecule has 1 amide bonds. The quantitative estimate of drug-likeness (QED) is 0.740. The zero-order valence-corrected chi connectivity index (χ0v) is 15.7. The van der Waals surface area contributed by atoms with Crippen LogP contribution in [0.5, 0.6) is 0 Å². The number of amides is 1. The molecule has 0 atom stereocenters. The van der Waals surface area contributed by atoms with E-state index >= 15 is 0 Å². The molecule has 1 aromatic carbocycles. The van der Waals surface area contributed by atoms with Gasteiger partial charge in [-0.3, -0.25) is 19.8 Å². The monoisotopic (exact) mass is 379 g/mol. The number of halogens is 1. The molecule has 28 heavy (non-hydrogen) atoms. The molecule has 3 heterocycles. The second-order valence-corrected chi connectivity index (χ2v) is 7.10. The first-order valence-corrected chi connectivity index (χ1v) is 9.28. The van der Waals surface area contributed by atoms with Crippen molar-refractivity contribution in [2.45, 2.75) is 19.5 Å². The van der Waals surface area contributed by atoms with Crippen LogP contribution in [0.3, 0.4) is 0 Å². The molecule has 1 aliphatic rings. The fourth-order valence-electron chi connectivity index (χ4n) is 3.54. The summed E-state index contributed by atoms with van der Waals surface area (Å²) in [6.45, 7) is 2.06. The van der Waals surface area contributed by atoms with Crippen LogP contribution in [0.4, 0.5) is 4.39 Å². The lowest BCUT2D eigenvalue weighted by atomic mass is 10.0. The van der Waals surface area contributed by atoms with Gasteiger partial charge in [0.05, 0.1) is 17.9 Å². The molecular weight excluding hydrogens is 357 g/mol. The molecule has 0 spiro atoms. The third kappa shape index (κ3) is 3.94. The molecule has 3 aromatic rings. The molecule has 0 unspecified atom stereocenters. The Hall–Kier alpha value is -3.06. The van der Waals surface area contributed by atoms with Gasteiger partial charge in [0, 0.05) is 49.1 Å². The van der Waals surface area contributed by atoms with Crippen LogP contribution in [0.2, 0.25) is 0 Å². The number of aromatic nitrogens is 3. The Morgan fingerprint density at radius 3 is 2.96 bits per heavy atom. The van der Waals surface area contributed by atoms with E-state index in [1.165, 1.54) is 12.1 Å². The smallest absolute Gasteiger partial charge is 0.237 e. The predicted molar refractivity (Wildman–Crippen MR) is 104 cm³/mol. The summed E-state index contributed by atoms with van der Waals surface area (Å²) in [5.41, 5.74) is 4.36. The summed E-state index contributed by atoms with van der Waals surface area (Å²) in [7, 11) is 1.91. The van der Waals surface area contributed by atoms with Gasteiger partial charge in [-0.1, -0.05) is 18.2 Å². The Morgan fingerprint density at radius 1 is 1.29 bits per heavy atom. The number of likely N-dealkylation sites (N-methyl/N-ethyl adjacent to an activating group) is 1. The SMILES string of the molecule is CN(CC(=O)N1CCc2[nH]nc(-c3cccc(F)c3)c2C1)Cc1ccccn1. The van der Waals surface area contributed by atoms with Crippen molar-refractivity contribution in [1.82, 2.24) is 25.0 Å². The molecule has 1 aliphatic heterocycles. The Kier molecular flexibility index (Phi) is 5.16. The van der Waals surface area contributed by atoms with Crippen LogP contribution in [0.15, 0.2) is 48.7 Å². The van der Waals surface area contributed by atoms with Gasteiger partial charge in [0.15, 0.2) is 0 Å². The highest BCUT2D eigenvalue weighted by molar-refractivity contribution is 5.79. The fraction of sp³-hybridized carbons (Fsp3) is 0.286. The van der Waals surface area contributed by atoms with Gasteiger partial charge in [0.2, 0.25) is 5.91 Å². The van der Waals surface area contributed by atoms with Crippen molar-refractivity contribution >= 4 is 5.91 Å². The lowest BCUT2D eigenvalue weighted by molar-refractivity contribution is -0.133. The van der Waals surface area contributed by atoms with Gasteiger partial charge < -0.3 is 4.90 Å². The second kappa shape index (κ2) is 7.90. The number of carbonyl (C=O) groups excluding carboxylic acids is 1. The van der Waals surface area contributed by atoms with Crippen molar-refractivity contribution in [3.05, 3.63) is 71.4 Å². The zero-order valence-electron chi connectivity index (χ0n) is 15.7. The van der Waals surface area contributed by atoms with Crippen molar-refractivity contribution in [3.63, 3.8) is 0 Å². The first kappa shape index (κ1) is 18.3. The number of pyridine rings is 1. The van der Waals surface area contributed by atoms with Crippen molar-refractivity contribution in [2.24, 2.45) is 0 Å². The highest BCUT2D eigenvalue weighted by Gasteiger charge is 2.26. The Bertz CT molecular complexity index is 972. The lowest BCUT2D eigenvalue weighted by Gasteiger charge is -2.29. The number of hydrogen-bond donors (Lipinski definition) is 1. The van der Waals surface area contributed by atoms with E-state index in [0.29, 0.717) is 38.3 Å². The van der Waals surface area contributed by atoms with E-state index < -0.39 is 0 Å². The summed E-state index contributed by atoms with van der Waals surface area (Å²) >= 11 is 0. The van der Waals surface area contributed by atoms with Gasteiger partial charge in [0.25, 0.3) is 0 Å². The average molecular weight is 379 g/mol. The Balaban J connectivity index is 1.45. The third-order valence-electron chi connectivity index (χ3n) is 4.95. The van der Waals surface area contributed by atoms with Crippen LogP contribution in [0.1, 0.15) is 17.0 Å². The van der Waals surface area contributed by atoms with Gasteiger partial charge in [-0.05, 0) is 31.3 Å².